The maximum absolute atomic E-state index is 14.9. The van der Waals surface area contributed by atoms with Gasteiger partial charge >= 0.3 is 0 Å². The number of fused-ring (bicyclic) bond motifs is 1. The van der Waals surface area contributed by atoms with E-state index in [9.17, 15) is 18.8 Å². The van der Waals surface area contributed by atoms with Crippen LogP contribution in [0.1, 0.15) is 65.3 Å². The van der Waals surface area contributed by atoms with Gasteiger partial charge < -0.3 is 24.8 Å². The van der Waals surface area contributed by atoms with Crippen molar-refractivity contribution in [2.24, 2.45) is 11.7 Å². The first-order valence-corrected chi connectivity index (χ1v) is 15.1. The Bertz CT molecular complexity index is 1990. The van der Waals surface area contributed by atoms with Crippen molar-refractivity contribution in [2.45, 2.75) is 46.6 Å². The summed E-state index contributed by atoms with van der Waals surface area (Å²) >= 11 is 0. The van der Waals surface area contributed by atoms with E-state index >= 15 is 0 Å². The molecule has 1 unspecified atom stereocenters. The minimum atomic E-state index is -0.644. The summed E-state index contributed by atoms with van der Waals surface area (Å²) in [5.41, 5.74) is 8.75. The Morgan fingerprint density at radius 3 is 2.57 bits per heavy atom. The SMILES string of the molecule is COc1cccc(Cc2c(C(C(C)C)n3cc(CCNC(C)=O)nc3-c3ccc(C)c(F)c3)oc3cc(C(N)=O)ccc3c2=O)c1. The highest BCUT2D eigenvalue weighted by Crippen LogP contribution is 2.36. The van der Waals surface area contributed by atoms with Gasteiger partial charge in [-0.3, -0.25) is 14.4 Å². The fourth-order valence-electron chi connectivity index (χ4n) is 5.63. The third-order valence-corrected chi connectivity index (χ3v) is 7.98. The predicted octanol–water partition coefficient (Wildman–Crippen LogP) is 5.73. The molecule has 3 aromatic carbocycles. The average molecular weight is 625 g/mol. The molecule has 0 aliphatic carbocycles. The van der Waals surface area contributed by atoms with Crippen LogP contribution in [0.25, 0.3) is 22.4 Å². The number of rotatable bonds is 11. The van der Waals surface area contributed by atoms with Crippen LogP contribution in [-0.2, 0) is 17.6 Å². The maximum atomic E-state index is 14.9. The van der Waals surface area contributed by atoms with Gasteiger partial charge in [-0.2, -0.15) is 0 Å². The molecule has 2 heterocycles. The van der Waals surface area contributed by atoms with Crippen LogP contribution in [0.4, 0.5) is 4.39 Å². The van der Waals surface area contributed by atoms with E-state index in [1.54, 1.807) is 32.2 Å². The van der Waals surface area contributed by atoms with E-state index in [0.29, 0.717) is 58.1 Å². The summed E-state index contributed by atoms with van der Waals surface area (Å²) in [5, 5.41) is 3.11. The summed E-state index contributed by atoms with van der Waals surface area (Å²) in [6.45, 7) is 7.50. The van der Waals surface area contributed by atoms with Crippen LogP contribution >= 0.6 is 0 Å². The normalized spacial score (nSPS) is 12.0. The Labute approximate surface area is 266 Å². The molecule has 2 aromatic heterocycles. The molecule has 3 N–H and O–H groups in total. The molecule has 2 amide bonds. The maximum Gasteiger partial charge on any atom is 0.248 e. The molecular formula is C36H37FN4O5. The molecule has 0 spiro atoms. The molecule has 10 heteroatoms. The highest BCUT2D eigenvalue weighted by atomic mass is 19.1. The van der Waals surface area contributed by atoms with Crippen LogP contribution in [0.2, 0.25) is 0 Å². The van der Waals surface area contributed by atoms with E-state index in [2.05, 4.69) is 5.32 Å². The van der Waals surface area contributed by atoms with Crippen molar-refractivity contribution in [3.05, 3.63) is 117 Å². The van der Waals surface area contributed by atoms with Gasteiger partial charge in [0.25, 0.3) is 0 Å². The molecule has 0 bridgehead atoms. The molecule has 238 valence electrons. The van der Waals surface area contributed by atoms with Gasteiger partial charge in [-0.1, -0.05) is 38.1 Å². The quantitative estimate of drug-likeness (QED) is 0.193. The zero-order valence-electron chi connectivity index (χ0n) is 26.5. The predicted molar refractivity (Wildman–Crippen MR) is 175 cm³/mol. The lowest BCUT2D eigenvalue weighted by molar-refractivity contribution is -0.118. The van der Waals surface area contributed by atoms with E-state index in [0.717, 1.165) is 5.56 Å². The summed E-state index contributed by atoms with van der Waals surface area (Å²) in [6.07, 6.45) is 2.53. The fraction of sp³-hybridized carbons (Fsp3) is 0.278. The lowest BCUT2D eigenvalue weighted by atomic mass is 9.92. The number of primary amides is 1. The van der Waals surface area contributed by atoms with Crippen molar-refractivity contribution in [3.63, 3.8) is 0 Å². The topological polar surface area (TPSA) is 129 Å². The second kappa shape index (κ2) is 13.4. The second-order valence-electron chi connectivity index (χ2n) is 11.7. The first-order chi connectivity index (χ1) is 22.0. The van der Waals surface area contributed by atoms with Crippen molar-refractivity contribution >= 4 is 22.8 Å². The van der Waals surface area contributed by atoms with E-state index in [1.807, 2.05) is 48.9 Å². The number of hydrogen-bond donors (Lipinski definition) is 2. The first kappa shape index (κ1) is 32.2. The van der Waals surface area contributed by atoms with Gasteiger partial charge in [-0.05, 0) is 60.4 Å². The van der Waals surface area contributed by atoms with E-state index < -0.39 is 11.9 Å². The van der Waals surface area contributed by atoms with Gasteiger partial charge in [0.15, 0.2) is 5.43 Å². The zero-order chi connectivity index (χ0) is 33.1. The van der Waals surface area contributed by atoms with Crippen molar-refractivity contribution in [2.75, 3.05) is 13.7 Å². The van der Waals surface area contributed by atoms with Crippen LogP contribution in [-0.4, -0.2) is 35.0 Å². The molecule has 0 saturated carbocycles. The number of nitrogens with zero attached hydrogens (tertiary/aromatic N) is 2. The number of amides is 2. The largest absolute Gasteiger partial charge is 0.497 e. The number of ether oxygens (including phenoxy) is 1. The minimum absolute atomic E-state index is 0.143. The fourth-order valence-corrected chi connectivity index (χ4v) is 5.63. The minimum Gasteiger partial charge on any atom is -0.497 e. The van der Waals surface area contributed by atoms with Gasteiger partial charge in [0.2, 0.25) is 11.8 Å². The molecular weight excluding hydrogens is 587 g/mol. The highest BCUT2D eigenvalue weighted by molar-refractivity contribution is 5.96. The standard InChI is InChI=1S/C36H37FN4O5/c1-20(2)32(41-19-26(13-14-39-22(4)42)40-36(41)25-10-9-21(3)30(37)17-25)34-29(16-23-7-6-8-27(15-23)45-5)33(43)28-12-11-24(35(38)44)18-31(28)46-34/h6-12,15,17-20,32H,13-14,16H2,1-5H3,(H2,38,44)(H,39,42). The summed E-state index contributed by atoms with van der Waals surface area (Å²) < 4.78 is 28.8. The van der Waals surface area contributed by atoms with Crippen molar-refractivity contribution in [1.29, 1.82) is 0 Å². The average Bonchev–Trinajstić information content (AvgIpc) is 3.43. The van der Waals surface area contributed by atoms with Crippen molar-refractivity contribution < 1.29 is 23.1 Å². The van der Waals surface area contributed by atoms with Gasteiger partial charge in [0.1, 0.15) is 28.7 Å². The van der Waals surface area contributed by atoms with Gasteiger partial charge in [0.05, 0.1) is 24.2 Å². The number of methoxy groups -OCH3 is 1. The molecule has 46 heavy (non-hydrogen) atoms. The molecule has 1 atom stereocenters. The van der Waals surface area contributed by atoms with E-state index in [-0.39, 0.29) is 40.6 Å². The molecule has 0 radical (unpaired) electrons. The second-order valence-corrected chi connectivity index (χ2v) is 11.7. The number of carbonyl (C=O) groups is 2. The smallest absolute Gasteiger partial charge is 0.248 e. The summed E-state index contributed by atoms with van der Waals surface area (Å²) in [7, 11) is 1.58. The third-order valence-electron chi connectivity index (χ3n) is 7.98. The Morgan fingerprint density at radius 2 is 1.89 bits per heavy atom. The van der Waals surface area contributed by atoms with Gasteiger partial charge in [-0.15, -0.1) is 0 Å². The number of halogens is 1. The zero-order valence-corrected chi connectivity index (χ0v) is 26.5. The Hall–Kier alpha value is -5.25. The number of carbonyl (C=O) groups excluding carboxylic acids is 2. The van der Waals surface area contributed by atoms with Gasteiger partial charge in [-0.25, -0.2) is 9.37 Å². The molecule has 9 nitrogen and oxygen atoms in total. The molecule has 5 rings (SSSR count). The molecule has 0 fully saturated rings. The monoisotopic (exact) mass is 624 g/mol. The van der Waals surface area contributed by atoms with Crippen LogP contribution in [0, 0.1) is 18.7 Å². The van der Waals surface area contributed by atoms with E-state index in [1.165, 1.54) is 25.1 Å². The first-order valence-electron chi connectivity index (χ1n) is 15.1. The lowest BCUT2D eigenvalue weighted by Crippen LogP contribution is -2.24. The highest BCUT2D eigenvalue weighted by Gasteiger charge is 2.30. The number of imidazole rings is 1. The molecule has 0 aliphatic heterocycles. The number of hydrogen-bond acceptors (Lipinski definition) is 6. The number of aromatic nitrogens is 2. The summed E-state index contributed by atoms with van der Waals surface area (Å²) in [4.78, 5) is 42.8. The summed E-state index contributed by atoms with van der Waals surface area (Å²) in [6, 6.07) is 16.4. The van der Waals surface area contributed by atoms with Crippen LogP contribution in [0.15, 0.2) is 76.1 Å². The van der Waals surface area contributed by atoms with E-state index in [4.69, 9.17) is 19.9 Å². The molecule has 5 aromatic rings. The Morgan fingerprint density at radius 1 is 1.11 bits per heavy atom. The number of aryl methyl sites for hydroxylation is 1. The molecule has 0 saturated heterocycles. The lowest BCUT2D eigenvalue weighted by Gasteiger charge is -2.26. The summed E-state index contributed by atoms with van der Waals surface area (Å²) in [5.74, 6) is 0.203. The van der Waals surface area contributed by atoms with Gasteiger partial charge in [0, 0.05) is 49.2 Å². The number of nitrogens with two attached hydrogens (primary N) is 1. The third kappa shape index (κ3) is 6.71. The van der Waals surface area contributed by atoms with Crippen LogP contribution < -0.4 is 21.2 Å². The number of nitrogens with one attached hydrogen (secondary N) is 1. The van der Waals surface area contributed by atoms with Crippen molar-refractivity contribution in [3.8, 4) is 17.1 Å². The van der Waals surface area contributed by atoms with Crippen molar-refractivity contribution in [1.82, 2.24) is 14.9 Å². The van der Waals surface area contributed by atoms with Crippen LogP contribution in [0.3, 0.4) is 0 Å². The van der Waals surface area contributed by atoms with Crippen LogP contribution in [0.5, 0.6) is 5.75 Å². The Balaban J connectivity index is 1.77. The number of benzene rings is 3. The Kier molecular flexibility index (Phi) is 9.36. The molecule has 0 aliphatic rings.